The second-order valence-corrected chi connectivity index (χ2v) is 5.04. The van der Waals surface area contributed by atoms with Gasteiger partial charge in [-0.1, -0.05) is 11.3 Å². The topological polar surface area (TPSA) is 82.5 Å². The molecule has 0 aliphatic heterocycles. The molecule has 0 fully saturated rings. The largest absolute Gasteiger partial charge is 0.413 e. The lowest BCUT2D eigenvalue weighted by molar-refractivity contribution is 0.579. The Morgan fingerprint density at radius 1 is 0.958 bits per heavy atom. The minimum Gasteiger partial charge on any atom is -0.413 e. The summed E-state index contributed by atoms with van der Waals surface area (Å²) in [4.78, 5) is 4.17. The monoisotopic (exact) mass is 322 g/mol. The zero-order chi connectivity index (χ0) is 16.5. The van der Waals surface area contributed by atoms with Crippen LogP contribution in [0.1, 0.15) is 5.69 Å². The van der Waals surface area contributed by atoms with Gasteiger partial charge in [0.25, 0.3) is 11.8 Å². The lowest BCUT2D eigenvalue weighted by Crippen LogP contribution is -1.99. The van der Waals surface area contributed by atoms with Gasteiger partial charge in [0, 0.05) is 6.20 Å². The van der Waals surface area contributed by atoms with E-state index in [4.69, 9.17) is 4.42 Å². The van der Waals surface area contributed by atoms with Crippen LogP contribution in [-0.2, 0) is 0 Å². The molecule has 0 atom stereocenters. The van der Waals surface area contributed by atoms with Crippen LogP contribution in [0.3, 0.4) is 0 Å². The Balaban J connectivity index is 1.71. The summed E-state index contributed by atoms with van der Waals surface area (Å²) in [7, 11) is 0. The molecule has 118 valence electrons. The summed E-state index contributed by atoms with van der Waals surface area (Å²) in [5.41, 5.74) is 2.45. The Morgan fingerprint density at radius 3 is 2.50 bits per heavy atom. The van der Waals surface area contributed by atoms with Crippen LogP contribution in [0, 0.1) is 12.7 Å². The molecule has 3 aromatic heterocycles. The molecule has 24 heavy (non-hydrogen) atoms. The number of pyridine rings is 1. The maximum absolute atomic E-state index is 13.1. The first kappa shape index (κ1) is 14.2. The van der Waals surface area contributed by atoms with Crippen LogP contribution >= 0.6 is 0 Å². The molecule has 0 radical (unpaired) electrons. The fourth-order valence-electron chi connectivity index (χ4n) is 2.27. The maximum Gasteiger partial charge on any atom is 0.270 e. The van der Waals surface area contributed by atoms with Gasteiger partial charge in [0.05, 0.1) is 11.4 Å². The number of halogens is 1. The molecule has 8 heteroatoms. The van der Waals surface area contributed by atoms with E-state index in [0.717, 1.165) is 0 Å². The second-order valence-electron chi connectivity index (χ2n) is 5.04. The van der Waals surface area contributed by atoms with E-state index in [0.29, 0.717) is 28.7 Å². The molecule has 0 N–H and O–H groups in total. The van der Waals surface area contributed by atoms with Crippen LogP contribution in [0.25, 0.3) is 28.9 Å². The summed E-state index contributed by atoms with van der Waals surface area (Å²) in [6.07, 6.45) is 1.65. The van der Waals surface area contributed by atoms with E-state index >= 15 is 0 Å². The van der Waals surface area contributed by atoms with Crippen LogP contribution < -0.4 is 0 Å². The molecule has 1 aromatic carbocycles. The third-order valence-corrected chi connectivity index (χ3v) is 3.48. The molecule has 0 amide bonds. The van der Waals surface area contributed by atoms with Gasteiger partial charge in [-0.3, -0.25) is 4.98 Å². The highest BCUT2D eigenvalue weighted by Gasteiger charge is 2.19. The van der Waals surface area contributed by atoms with E-state index in [1.54, 1.807) is 35.1 Å². The predicted molar refractivity (Wildman–Crippen MR) is 82.6 cm³/mol. The smallest absolute Gasteiger partial charge is 0.270 e. The summed E-state index contributed by atoms with van der Waals surface area (Å²) in [6, 6.07) is 11.4. The first-order chi connectivity index (χ1) is 11.7. The molecule has 0 spiro atoms. The molecular formula is C16H11FN6O. The van der Waals surface area contributed by atoms with Crippen LogP contribution in [0.15, 0.2) is 53.1 Å². The van der Waals surface area contributed by atoms with Gasteiger partial charge >= 0.3 is 0 Å². The molecule has 0 unspecified atom stereocenters. The van der Waals surface area contributed by atoms with Crippen molar-refractivity contribution in [2.24, 2.45) is 0 Å². The predicted octanol–water partition coefficient (Wildman–Crippen LogP) is 2.83. The molecule has 0 bridgehead atoms. The second kappa shape index (κ2) is 5.65. The van der Waals surface area contributed by atoms with Crippen LogP contribution in [0.4, 0.5) is 4.39 Å². The quantitative estimate of drug-likeness (QED) is 0.577. The molecule has 4 aromatic rings. The fourth-order valence-corrected chi connectivity index (χ4v) is 2.27. The van der Waals surface area contributed by atoms with Gasteiger partial charge in [0.2, 0.25) is 0 Å². The Morgan fingerprint density at radius 2 is 1.75 bits per heavy atom. The minimum absolute atomic E-state index is 0.251. The summed E-state index contributed by atoms with van der Waals surface area (Å²) >= 11 is 0. The van der Waals surface area contributed by atoms with Crippen molar-refractivity contribution >= 4 is 0 Å². The SMILES string of the molecule is Cc1c(-c2nnc(-c3ccccn3)o2)nnn1-c1ccc(F)cc1. The Kier molecular flexibility index (Phi) is 3.34. The van der Waals surface area contributed by atoms with Crippen molar-refractivity contribution in [1.82, 2.24) is 30.2 Å². The fraction of sp³-hybridized carbons (Fsp3) is 0.0625. The lowest BCUT2D eigenvalue weighted by Gasteiger charge is -2.02. The summed E-state index contributed by atoms with van der Waals surface area (Å²) < 4.78 is 20.3. The standard InChI is InChI=1S/C16H11FN6O/c1-10-14(19-22-23(10)12-7-5-11(17)6-8-12)16-21-20-15(24-16)13-4-2-3-9-18-13/h2-9H,1H3. The Labute approximate surface area is 135 Å². The summed E-state index contributed by atoms with van der Waals surface area (Å²) in [5.74, 6) is 0.247. The average Bonchev–Trinajstić information content (AvgIpc) is 3.23. The molecule has 7 nitrogen and oxygen atoms in total. The highest BCUT2D eigenvalue weighted by molar-refractivity contribution is 5.54. The van der Waals surface area contributed by atoms with Crippen molar-refractivity contribution in [2.45, 2.75) is 6.92 Å². The van der Waals surface area contributed by atoms with Gasteiger partial charge in [-0.05, 0) is 43.3 Å². The van der Waals surface area contributed by atoms with Gasteiger partial charge in [-0.25, -0.2) is 9.07 Å². The minimum atomic E-state index is -0.311. The molecule has 0 aliphatic rings. The average molecular weight is 322 g/mol. The van der Waals surface area contributed by atoms with E-state index in [-0.39, 0.29) is 11.7 Å². The van der Waals surface area contributed by atoms with E-state index < -0.39 is 0 Å². The Hall–Kier alpha value is -3.42. The number of hydrogen-bond acceptors (Lipinski definition) is 6. The third-order valence-electron chi connectivity index (χ3n) is 3.48. The highest BCUT2D eigenvalue weighted by atomic mass is 19.1. The zero-order valence-electron chi connectivity index (χ0n) is 12.6. The lowest BCUT2D eigenvalue weighted by atomic mass is 10.3. The van der Waals surface area contributed by atoms with Crippen molar-refractivity contribution in [3.8, 4) is 28.9 Å². The van der Waals surface area contributed by atoms with Crippen LogP contribution in [0.2, 0.25) is 0 Å². The molecule has 4 rings (SSSR count). The number of benzene rings is 1. The summed E-state index contributed by atoms with van der Waals surface area (Å²) in [5, 5.41) is 16.2. The third kappa shape index (κ3) is 2.43. The number of nitrogens with zero attached hydrogens (tertiary/aromatic N) is 6. The first-order valence-corrected chi connectivity index (χ1v) is 7.16. The van der Waals surface area contributed by atoms with E-state index in [1.807, 2.05) is 13.0 Å². The van der Waals surface area contributed by atoms with Crippen LogP contribution in [0.5, 0.6) is 0 Å². The Bertz CT molecular complexity index is 977. The van der Waals surface area contributed by atoms with E-state index in [1.165, 1.54) is 12.1 Å². The van der Waals surface area contributed by atoms with Crippen molar-refractivity contribution in [3.63, 3.8) is 0 Å². The van der Waals surface area contributed by atoms with Gasteiger partial charge in [0.1, 0.15) is 11.5 Å². The van der Waals surface area contributed by atoms with Crippen LogP contribution in [-0.4, -0.2) is 30.2 Å². The normalized spacial score (nSPS) is 10.9. The molecule has 0 aliphatic carbocycles. The highest BCUT2D eigenvalue weighted by Crippen LogP contribution is 2.24. The van der Waals surface area contributed by atoms with Gasteiger partial charge in [-0.15, -0.1) is 15.3 Å². The molecule has 0 saturated heterocycles. The maximum atomic E-state index is 13.1. The van der Waals surface area contributed by atoms with Gasteiger partial charge in [0.15, 0.2) is 5.69 Å². The van der Waals surface area contributed by atoms with Crippen molar-refractivity contribution in [3.05, 3.63) is 60.2 Å². The number of aromatic nitrogens is 6. The van der Waals surface area contributed by atoms with Crippen molar-refractivity contribution in [1.29, 1.82) is 0 Å². The van der Waals surface area contributed by atoms with Gasteiger partial charge in [-0.2, -0.15) is 0 Å². The number of hydrogen-bond donors (Lipinski definition) is 0. The first-order valence-electron chi connectivity index (χ1n) is 7.16. The summed E-state index contributed by atoms with van der Waals surface area (Å²) in [6.45, 7) is 1.82. The molecule has 3 heterocycles. The zero-order valence-corrected chi connectivity index (χ0v) is 12.6. The van der Waals surface area contributed by atoms with E-state index in [2.05, 4.69) is 25.5 Å². The van der Waals surface area contributed by atoms with Crippen molar-refractivity contribution in [2.75, 3.05) is 0 Å². The van der Waals surface area contributed by atoms with Gasteiger partial charge < -0.3 is 4.42 Å². The molecule has 0 saturated carbocycles. The van der Waals surface area contributed by atoms with Crippen molar-refractivity contribution < 1.29 is 8.81 Å². The van der Waals surface area contributed by atoms with E-state index in [9.17, 15) is 4.39 Å². The number of rotatable bonds is 3. The molecular weight excluding hydrogens is 311 g/mol.